The average molecular weight is 572 g/mol. The molecule has 34 heavy (non-hydrogen) atoms. The van der Waals surface area contributed by atoms with Crippen LogP contribution in [0.2, 0.25) is 0 Å². The minimum absolute atomic E-state index is 0. The first-order valence-corrected chi connectivity index (χ1v) is 14.1. The van der Waals surface area contributed by atoms with E-state index in [1.165, 1.54) is 27.2 Å². The largest absolute Gasteiger partial charge is 0 e. The first kappa shape index (κ1) is 32.5. The molecular formula is C23H23CrFN3O2PS3. The second-order valence-electron chi connectivity index (χ2n) is 5.75. The molecule has 0 saturated heterocycles. The molecule has 0 N–H and O–H groups in total. The Morgan fingerprint density at radius 1 is 0.618 bits per heavy atom. The van der Waals surface area contributed by atoms with Gasteiger partial charge in [-0.15, -0.1) is 35.3 Å². The second kappa shape index (κ2) is 18.8. The topological polar surface area (TPSA) is 54.6 Å². The van der Waals surface area contributed by atoms with E-state index >= 15 is 0 Å². The van der Waals surface area contributed by atoms with E-state index in [-0.39, 0.29) is 23.2 Å². The normalized spacial score (nSPS) is 9.32. The van der Waals surface area contributed by atoms with Gasteiger partial charge in [0, 0.05) is 36.0 Å². The zero-order valence-corrected chi connectivity index (χ0v) is 23.3. The van der Waals surface area contributed by atoms with E-state index in [9.17, 15) is 4.39 Å². The van der Waals surface area contributed by atoms with Crippen LogP contribution in [0.5, 0.6) is 0 Å². The van der Waals surface area contributed by atoms with Crippen molar-refractivity contribution in [1.29, 1.82) is 0 Å². The van der Waals surface area contributed by atoms with E-state index in [0.29, 0.717) is 0 Å². The van der Waals surface area contributed by atoms with E-state index < -0.39 is 8.37 Å². The van der Waals surface area contributed by atoms with Crippen molar-refractivity contribution in [2.24, 2.45) is 0 Å². The van der Waals surface area contributed by atoms with Gasteiger partial charge in [0.05, 0.1) is 15.1 Å². The standard InChI is InChI=1S/C15H18N3PS3.C6H5F.2CO.Cr/c1-20-13-7-4-10-16(13)19(17-11-5-8-14(17)21-2)18-12-6-9-15(18)22-3;7-6-4-2-1-3-5-6;2*1-2;/h4-12H,1-3H3;1-5H;;;. The molecule has 4 aromatic rings. The fourth-order valence-corrected chi connectivity index (χ4v) is 7.44. The van der Waals surface area contributed by atoms with Gasteiger partial charge < -0.3 is 0 Å². The van der Waals surface area contributed by atoms with Crippen LogP contribution in [0.4, 0.5) is 4.39 Å². The van der Waals surface area contributed by atoms with Crippen molar-refractivity contribution in [2.75, 3.05) is 18.8 Å². The number of thioether (sulfide) groups is 3. The van der Waals surface area contributed by atoms with Gasteiger partial charge in [0.1, 0.15) is 5.82 Å². The summed E-state index contributed by atoms with van der Waals surface area (Å²) in [5.74, 6) is -0.178. The molecule has 0 aliphatic carbocycles. The number of rotatable bonds is 6. The monoisotopic (exact) mass is 571 g/mol. The zero-order valence-electron chi connectivity index (χ0n) is 18.7. The zero-order chi connectivity index (χ0) is 24.6. The average Bonchev–Trinajstić information content (AvgIpc) is 3.64. The van der Waals surface area contributed by atoms with Crippen LogP contribution in [0.15, 0.2) is 100 Å². The Balaban J connectivity index is 0.000000766. The predicted octanol–water partition coefficient (Wildman–Crippen LogP) is 7.18. The molecule has 0 radical (unpaired) electrons. The molecule has 0 atom stereocenters. The van der Waals surface area contributed by atoms with E-state index in [0.717, 1.165) is 0 Å². The molecule has 11 heteroatoms. The van der Waals surface area contributed by atoms with Crippen molar-refractivity contribution in [3.63, 3.8) is 0 Å². The van der Waals surface area contributed by atoms with Crippen molar-refractivity contribution in [1.82, 2.24) is 13.0 Å². The van der Waals surface area contributed by atoms with Crippen LogP contribution in [0.25, 0.3) is 0 Å². The molecule has 0 amide bonds. The van der Waals surface area contributed by atoms with E-state index in [4.69, 9.17) is 9.30 Å². The Morgan fingerprint density at radius 3 is 1.18 bits per heavy atom. The first-order valence-electron chi connectivity index (χ1n) is 9.26. The molecule has 3 aromatic heterocycles. The van der Waals surface area contributed by atoms with Crippen molar-refractivity contribution in [2.45, 2.75) is 15.1 Å². The van der Waals surface area contributed by atoms with Gasteiger partial charge in [0.2, 0.25) is 8.37 Å². The summed E-state index contributed by atoms with van der Waals surface area (Å²) in [5.41, 5.74) is 0. The Morgan fingerprint density at radius 2 is 0.941 bits per heavy atom. The summed E-state index contributed by atoms with van der Waals surface area (Å²) in [4.78, 5) is 0. The molecule has 0 aliphatic rings. The van der Waals surface area contributed by atoms with Gasteiger partial charge in [-0.25, -0.2) is 4.39 Å². The molecule has 0 aliphatic heterocycles. The molecule has 1 aromatic carbocycles. The van der Waals surface area contributed by atoms with Gasteiger partial charge >= 0.3 is 22.6 Å². The van der Waals surface area contributed by atoms with Crippen LogP contribution in [0.3, 0.4) is 0 Å². The summed E-state index contributed by atoms with van der Waals surface area (Å²) < 4.78 is 34.1. The summed E-state index contributed by atoms with van der Waals surface area (Å²) in [6, 6.07) is 20.9. The summed E-state index contributed by atoms with van der Waals surface area (Å²) in [6.45, 7) is 9.00. The van der Waals surface area contributed by atoms with Gasteiger partial charge in [-0.2, -0.15) is 0 Å². The number of hydrogen-bond acceptors (Lipinski definition) is 3. The molecule has 0 unspecified atom stereocenters. The van der Waals surface area contributed by atoms with Crippen LogP contribution in [0, 0.1) is 19.1 Å². The van der Waals surface area contributed by atoms with Gasteiger partial charge in [0.15, 0.2) is 0 Å². The van der Waals surface area contributed by atoms with Gasteiger partial charge in [-0.1, -0.05) is 18.2 Å². The number of halogens is 1. The molecule has 0 saturated carbocycles. The van der Waals surface area contributed by atoms with Crippen molar-refractivity contribution >= 4 is 43.7 Å². The van der Waals surface area contributed by atoms with Crippen LogP contribution < -0.4 is 0 Å². The van der Waals surface area contributed by atoms with Crippen LogP contribution in [-0.2, 0) is 26.7 Å². The number of aromatic nitrogens is 3. The van der Waals surface area contributed by atoms with E-state index in [2.05, 4.69) is 100 Å². The fraction of sp³-hybridized carbons (Fsp3) is 0.130. The third-order valence-corrected chi connectivity index (χ3v) is 8.88. The quantitative estimate of drug-likeness (QED) is 0.107. The Labute approximate surface area is 225 Å². The Hall–Kier alpha value is -1.52. The molecule has 5 nitrogen and oxygen atoms in total. The van der Waals surface area contributed by atoms with Gasteiger partial charge in [-0.3, -0.25) is 13.0 Å². The van der Waals surface area contributed by atoms with E-state index in [1.54, 1.807) is 53.5 Å². The Bertz CT molecular complexity index is 1010. The number of nitrogens with zero attached hydrogens (tertiary/aromatic N) is 3. The van der Waals surface area contributed by atoms with Crippen molar-refractivity contribution in [3.05, 3.63) is 104 Å². The minimum Gasteiger partial charge on any atom is 0 e. The van der Waals surface area contributed by atoms with Crippen LogP contribution in [0.1, 0.15) is 0 Å². The summed E-state index contributed by atoms with van der Waals surface area (Å²) in [7, 11) is -0.727. The smallest absolute Gasteiger partial charge is 0 e. The SMILES string of the molecule is CSc1cccn1P(n1cccc1SC)n1cccc1SC.Fc1ccccc1.[C-]#[O+].[C-]#[O+].[Cr]. The van der Waals surface area contributed by atoms with Crippen LogP contribution in [-0.4, -0.2) is 31.8 Å². The minimum atomic E-state index is -0.727. The molecule has 178 valence electrons. The van der Waals surface area contributed by atoms with Crippen molar-refractivity contribution < 1.29 is 31.1 Å². The molecule has 3 heterocycles. The first-order chi connectivity index (χ1) is 16.2. The number of hydrogen-bond donors (Lipinski definition) is 0. The maximum atomic E-state index is 11.9. The van der Waals surface area contributed by atoms with Crippen LogP contribution >= 0.6 is 43.7 Å². The van der Waals surface area contributed by atoms with Crippen molar-refractivity contribution in [3.8, 4) is 0 Å². The molecular weight excluding hydrogens is 548 g/mol. The third-order valence-electron chi connectivity index (χ3n) is 4.01. The predicted molar refractivity (Wildman–Crippen MR) is 136 cm³/mol. The summed E-state index contributed by atoms with van der Waals surface area (Å²) >= 11 is 5.37. The second-order valence-corrected chi connectivity index (χ2v) is 10.1. The summed E-state index contributed by atoms with van der Waals surface area (Å²) in [6.07, 6.45) is 13.0. The molecule has 0 bridgehead atoms. The molecule has 0 fully saturated rings. The third kappa shape index (κ3) is 8.93. The summed E-state index contributed by atoms with van der Waals surface area (Å²) in [5, 5.41) is 3.85. The van der Waals surface area contributed by atoms with E-state index in [1.807, 2.05) is 0 Å². The maximum Gasteiger partial charge on any atom is 0 e. The molecule has 4 rings (SSSR count). The van der Waals surface area contributed by atoms with Gasteiger partial charge in [-0.05, 0) is 67.3 Å². The Kier molecular flexibility index (Phi) is 17.9. The molecule has 0 spiro atoms. The van der Waals surface area contributed by atoms with Gasteiger partial charge in [0.25, 0.3) is 0 Å². The maximum absolute atomic E-state index is 11.9. The fourth-order valence-electron chi connectivity index (χ4n) is 2.72. The number of benzene rings is 1.